The number of nitrogens with zero attached hydrogens (tertiary/aromatic N) is 3. The fourth-order valence-electron chi connectivity index (χ4n) is 3.10. The van der Waals surface area contributed by atoms with Gasteiger partial charge in [-0.05, 0) is 31.2 Å². The zero-order chi connectivity index (χ0) is 23.4. The molecule has 32 heavy (non-hydrogen) atoms. The van der Waals surface area contributed by atoms with Gasteiger partial charge in [-0.3, -0.25) is 18.8 Å². The Hall–Kier alpha value is -4.08. The van der Waals surface area contributed by atoms with Crippen LogP contribution in [-0.2, 0) is 14.3 Å². The second-order valence-electron chi connectivity index (χ2n) is 7.33. The first-order valence-corrected chi connectivity index (χ1v) is 9.86. The summed E-state index contributed by atoms with van der Waals surface area (Å²) in [6.07, 6.45) is 1.71. The number of carboxylic acids is 1. The van der Waals surface area contributed by atoms with Crippen molar-refractivity contribution in [3.05, 3.63) is 48.2 Å². The second-order valence-corrected chi connectivity index (χ2v) is 7.33. The van der Waals surface area contributed by atoms with Crippen molar-refractivity contribution in [3.63, 3.8) is 0 Å². The number of amides is 1. The van der Waals surface area contributed by atoms with Gasteiger partial charge in [-0.1, -0.05) is 12.1 Å². The fourth-order valence-corrected chi connectivity index (χ4v) is 3.10. The van der Waals surface area contributed by atoms with E-state index in [0.29, 0.717) is 17.2 Å². The number of ether oxygens (including phenoxy) is 1. The number of pyridine rings is 1. The Morgan fingerprint density at radius 3 is 2.47 bits per heavy atom. The number of rotatable bonds is 8. The first-order valence-electron chi connectivity index (χ1n) is 9.86. The van der Waals surface area contributed by atoms with Gasteiger partial charge in [-0.15, -0.1) is 0 Å². The molecule has 3 rings (SSSR count). The van der Waals surface area contributed by atoms with Crippen molar-refractivity contribution in [1.29, 1.82) is 0 Å². The van der Waals surface area contributed by atoms with Crippen LogP contribution in [0.25, 0.3) is 16.9 Å². The summed E-state index contributed by atoms with van der Waals surface area (Å²) in [5.74, 6) is -1.66. The Bertz CT molecular complexity index is 1150. The zero-order valence-electron chi connectivity index (χ0n) is 18.2. The van der Waals surface area contributed by atoms with Crippen LogP contribution in [0.15, 0.2) is 42.6 Å². The molecule has 0 fully saturated rings. The topological polar surface area (TPSA) is 125 Å². The minimum atomic E-state index is -1.14. The van der Waals surface area contributed by atoms with Crippen LogP contribution in [0.2, 0.25) is 0 Å². The van der Waals surface area contributed by atoms with Crippen LogP contribution >= 0.6 is 0 Å². The number of aliphatic carboxylic acids is 1. The van der Waals surface area contributed by atoms with Crippen LogP contribution in [0, 0.1) is 0 Å². The quantitative estimate of drug-likeness (QED) is 0.454. The summed E-state index contributed by atoms with van der Waals surface area (Å²) >= 11 is 0. The zero-order valence-corrected chi connectivity index (χ0v) is 18.2. The molecule has 168 valence electrons. The van der Waals surface area contributed by atoms with Gasteiger partial charge in [-0.25, -0.2) is 4.98 Å². The average molecular weight is 439 g/mol. The van der Waals surface area contributed by atoms with E-state index in [2.05, 4.69) is 15.6 Å². The summed E-state index contributed by atoms with van der Waals surface area (Å²) in [5.41, 5.74) is 2.84. The molecule has 1 unspecified atom stereocenters. The lowest BCUT2D eigenvalue weighted by Crippen LogP contribution is -2.38. The maximum atomic E-state index is 12.7. The van der Waals surface area contributed by atoms with Crippen molar-refractivity contribution in [1.82, 2.24) is 14.7 Å². The molecule has 0 aliphatic heterocycles. The molecule has 0 saturated heterocycles. The van der Waals surface area contributed by atoms with Gasteiger partial charge >= 0.3 is 11.9 Å². The van der Waals surface area contributed by atoms with E-state index in [9.17, 15) is 14.4 Å². The van der Waals surface area contributed by atoms with Crippen molar-refractivity contribution >= 4 is 35.0 Å². The summed E-state index contributed by atoms with van der Waals surface area (Å²) < 4.78 is 6.37. The Labute approximate surface area is 184 Å². The molecule has 1 atom stereocenters. The number of hydrogen-bond donors (Lipinski definition) is 3. The molecule has 0 spiro atoms. The summed E-state index contributed by atoms with van der Waals surface area (Å²) in [6, 6.07) is 9.82. The number of hydrogen-bond acceptors (Lipinski definition) is 7. The highest BCUT2D eigenvalue weighted by Crippen LogP contribution is 2.31. The average Bonchev–Trinajstić information content (AvgIpc) is 3.15. The molecule has 3 aromatic rings. The number of methoxy groups -OCH3 is 1. The molecule has 1 aromatic carbocycles. The first-order chi connectivity index (χ1) is 15.2. The van der Waals surface area contributed by atoms with Crippen LogP contribution in [0.1, 0.15) is 17.3 Å². The molecule has 0 aliphatic carbocycles. The van der Waals surface area contributed by atoms with Gasteiger partial charge in [0, 0.05) is 31.5 Å². The van der Waals surface area contributed by atoms with Gasteiger partial charge in [0.05, 0.1) is 12.7 Å². The van der Waals surface area contributed by atoms with Gasteiger partial charge in [0.2, 0.25) is 0 Å². The molecular formula is C22H25N5O5. The molecule has 0 aliphatic rings. The molecule has 10 heteroatoms. The lowest BCUT2D eigenvalue weighted by molar-refractivity contribution is -0.139. The Kier molecular flexibility index (Phi) is 6.62. The maximum absolute atomic E-state index is 12.7. The van der Waals surface area contributed by atoms with E-state index in [4.69, 9.17) is 9.84 Å². The highest BCUT2D eigenvalue weighted by molar-refractivity contribution is 6.02. The standard InChI is InChI=1S/C22H25N5O5/c1-13(22(30)31)24-21(29)16-6-5-11-27-19(16)25-18(20(27)23-12-17(28)32-4)14-7-9-15(10-8-14)26(2)3/h5-11,13,23H,12H2,1-4H3,(H,24,29)(H,30,31). The molecule has 3 N–H and O–H groups in total. The van der Waals surface area contributed by atoms with E-state index in [1.54, 1.807) is 22.7 Å². The van der Waals surface area contributed by atoms with Crippen LogP contribution < -0.4 is 15.5 Å². The molecule has 1 amide bonds. The smallest absolute Gasteiger partial charge is 0.325 e. The van der Waals surface area contributed by atoms with Gasteiger partial charge in [0.1, 0.15) is 24.1 Å². The Balaban J connectivity index is 2.11. The monoisotopic (exact) mass is 439 g/mol. The number of carbonyl (C=O) groups is 3. The van der Waals surface area contributed by atoms with Crippen LogP contribution in [0.5, 0.6) is 0 Å². The number of nitrogens with one attached hydrogen (secondary N) is 2. The lowest BCUT2D eigenvalue weighted by atomic mass is 10.1. The summed E-state index contributed by atoms with van der Waals surface area (Å²) in [7, 11) is 5.17. The molecule has 2 aromatic heterocycles. The third-order valence-electron chi connectivity index (χ3n) is 4.90. The van der Waals surface area contributed by atoms with E-state index in [1.807, 2.05) is 43.3 Å². The van der Waals surface area contributed by atoms with Crippen molar-refractivity contribution in [3.8, 4) is 11.3 Å². The van der Waals surface area contributed by atoms with Gasteiger partial charge in [-0.2, -0.15) is 0 Å². The number of esters is 1. The molecule has 0 saturated carbocycles. The molecule has 0 bridgehead atoms. The predicted molar refractivity (Wildman–Crippen MR) is 120 cm³/mol. The van der Waals surface area contributed by atoms with E-state index in [-0.39, 0.29) is 12.1 Å². The number of imidazole rings is 1. The highest BCUT2D eigenvalue weighted by atomic mass is 16.5. The van der Waals surface area contributed by atoms with Crippen LogP contribution in [-0.4, -0.2) is 66.1 Å². The second kappa shape index (κ2) is 9.38. The minimum absolute atomic E-state index is 0.0977. The van der Waals surface area contributed by atoms with Crippen molar-refractivity contribution in [2.75, 3.05) is 38.0 Å². The van der Waals surface area contributed by atoms with E-state index < -0.39 is 23.9 Å². The Morgan fingerprint density at radius 2 is 1.88 bits per heavy atom. The fraction of sp³-hybridized carbons (Fsp3) is 0.273. The third kappa shape index (κ3) is 4.64. The molecule has 0 radical (unpaired) electrons. The number of anilines is 2. The van der Waals surface area contributed by atoms with Crippen molar-refractivity contribution in [2.45, 2.75) is 13.0 Å². The van der Waals surface area contributed by atoms with Crippen molar-refractivity contribution in [2.24, 2.45) is 0 Å². The maximum Gasteiger partial charge on any atom is 0.325 e. The first kappa shape index (κ1) is 22.6. The summed E-state index contributed by atoms with van der Waals surface area (Å²) in [6.45, 7) is 1.28. The number of carbonyl (C=O) groups excluding carboxylic acids is 2. The van der Waals surface area contributed by atoms with Gasteiger partial charge in [0.15, 0.2) is 5.65 Å². The normalized spacial score (nSPS) is 11.6. The SMILES string of the molecule is COC(=O)CNc1c(-c2ccc(N(C)C)cc2)nc2c(C(=O)NC(C)C(=O)O)cccn12. The van der Waals surface area contributed by atoms with Gasteiger partial charge in [0.25, 0.3) is 5.91 Å². The summed E-state index contributed by atoms with van der Waals surface area (Å²) in [4.78, 5) is 42.2. The van der Waals surface area contributed by atoms with Crippen LogP contribution in [0.4, 0.5) is 11.5 Å². The number of aromatic nitrogens is 2. The largest absolute Gasteiger partial charge is 0.480 e. The molecule has 2 heterocycles. The molecule has 10 nitrogen and oxygen atoms in total. The summed E-state index contributed by atoms with van der Waals surface area (Å²) in [5, 5.41) is 14.6. The Morgan fingerprint density at radius 1 is 1.19 bits per heavy atom. The number of fused-ring (bicyclic) bond motifs is 1. The minimum Gasteiger partial charge on any atom is -0.480 e. The van der Waals surface area contributed by atoms with E-state index in [1.165, 1.54) is 14.0 Å². The van der Waals surface area contributed by atoms with E-state index >= 15 is 0 Å². The highest BCUT2D eigenvalue weighted by Gasteiger charge is 2.22. The number of carboxylic acid groups (broad SMARTS) is 1. The van der Waals surface area contributed by atoms with Crippen LogP contribution in [0.3, 0.4) is 0 Å². The van der Waals surface area contributed by atoms with Gasteiger partial charge < -0.3 is 25.4 Å². The number of benzene rings is 1. The molecular weight excluding hydrogens is 414 g/mol. The van der Waals surface area contributed by atoms with E-state index in [0.717, 1.165) is 11.3 Å². The predicted octanol–water partition coefficient (Wildman–Crippen LogP) is 1.86. The van der Waals surface area contributed by atoms with Crippen molar-refractivity contribution < 1.29 is 24.2 Å². The third-order valence-corrected chi connectivity index (χ3v) is 4.90. The lowest BCUT2D eigenvalue weighted by Gasteiger charge is -2.13.